The highest BCUT2D eigenvalue weighted by Gasteiger charge is 2.08. The molecule has 0 aliphatic rings. The molecular formula is C9H7FN2O. The Bertz CT molecular complexity index is 475. The molecule has 0 aliphatic heterocycles. The minimum absolute atomic E-state index is 0.127. The van der Waals surface area contributed by atoms with Crippen LogP contribution in [0.15, 0.2) is 18.3 Å². The lowest BCUT2D eigenvalue weighted by atomic mass is 10.3. The number of hydrogen-bond donors (Lipinski definition) is 1. The minimum Gasteiger partial charge on any atom is -0.337 e. The van der Waals surface area contributed by atoms with E-state index < -0.39 is 0 Å². The molecule has 2 rings (SSSR count). The number of ketones is 1. The van der Waals surface area contributed by atoms with Gasteiger partial charge in [0, 0.05) is 13.1 Å². The van der Waals surface area contributed by atoms with Gasteiger partial charge >= 0.3 is 0 Å². The van der Waals surface area contributed by atoms with Crippen LogP contribution in [0.3, 0.4) is 0 Å². The average Bonchev–Trinajstić information content (AvgIpc) is 2.49. The van der Waals surface area contributed by atoms with Gasteiger partial charge in [0.15, 0.2) is 5.78 Å². The first-order valence-corrected chi connectivity index (χ1v) is 3.82. The molecule has 0 unspecified atom stereocenters. The van der Waals surface area contributed by atoms with Gasteiger partial charge in [-0.25, -0.2) is 9.37 Å². The second-order valence-corrected chi connectivity index (χ2v) is 2.79. The van der Waals surface area contributed by atoms with Crippen LogP contribution in [0.5, 0.6) is 0 Å². The predicted octanol–water partition coefficient (Wildman–Crippen LogP) is 1.90. The molecule has 0 radical (unpaired) electrons. The number of H-pyrrole nitrogens is 1. The van der Waals surface area contributed by atoms with Crippen LogP contribution in [0.1, 0.15) is 17.4 Å². The van der Waals surface area contributed by atoms with Crippen molar-refractivity contribution in [3.63, 3.8) is 0 Å². The monoisotopic (exact) mass is 178 g/mol. The maximum Gasteiger partial charge on any atom is 0.176 e. The third-order valence-corrected chi connectivity index (χ3v) is 1.86. The Labute approximate surface area is 73.6 Å². The molecule has 0 fully saturated rings. The number of hydrogen-bond acceptors (Lipinski definition) is 2. The topological polar surface area (TPSA) is 45.8 Å². The number of aromatic nitrogens is 2. The fourth-order valence-electron chi connectivity index (χ4n) is 1.18. The average molecular weight is 178 g/mol. The van der Waals surface area contributed by atoms with Gasteiger partial charge in [0.05, 0.1) is 11.1 Å². The van der Waals surface area contributed by atoms with Crippen LogP contribution in [0.2, 0.25) is 0 Å². The number of nitrogens with one attached hydrogen (secondary N) is 1. The molecule has 66 valence electrons. The zero-order valence-electron chi connectivity index (χ0n) is 6.97. The van der Waals surface area contributed by atoms with E-state index in [2.05, 4.69) is 9.97 Å². The van der Waals surface area contributed by atoms with Gasteiger partial charge in [0.1, 0.15) is 11.5 Å². The van der Waals surface area contributed by atoms with Crippen molar-refractivity contribution in [2.45, 2.75) is 6.92 Å². The van der Waals surface area contributed by atoms with E-state index in [-0.39, 0.29) is 11.6 Å². The largest absolute Gasteiger partial charge is 0.337 e. The Morgan fingerprint density at radius 1 is 1.62 bits per heavy atom. The lowest BCUT2D eigenvalue weighted by Crippen LogP contribution is -1.90. The number of halogens is 1. The van der Waals surface area contributed by atoms with Crippen LogP contribution in [0.4, 0.5) is 4.39 Å². The molecule has 0 spiro atoms. The second kappa shape index (κ2) is 2.65. The molecule has 0 amide bonds. The molecule has 2 aromatic heterocycles. The molecular weight excluding hydrogens is 171 g/mol. The van der Waals surface area contributed by atoms with Crippen LogP contribution in [0, 0.1) is 5.82 Å². The van der Waals surface area contributed by atoms with E-state index in [1.807, 2.05) is 0 Å². The zero-order valence-corrected chi connectivity index (χ0v) is 6.97. The summed E-state index contributed by atoms with van der Waals surface area (Å²) in [4.78, 5) is 17.6. The first-order chi connectivity index (χ1) is 6.18. The summed E-state index contributed by atoms with van der Waals surface area (Å²) in [5.41, 5.74) is 0.790. The van der Waals surface area contributed by atoms with Crippen LogP contribution in [0.25, 0.3) is 11.0 Å². The van der Waals surface area contributed by atoms with E-state index in [1.54, 1.807) is 0 Å². The van der Waals surface area contributed by atoms with Gasteiger partial charge in [-0.2, -0.15) is 0 Å². The third kappa shape index (κ3) is 1.20. The summed E-state index contributed by atoms with van der Waals surface area (Å²) in [6, 6.07) is 2.74. The summed E-state index contributed by atoms with van der Waals surface area (Å²) in [7, 11) is 0. The van der Waals surface area contributed by atoms with Crippen molar-refractivity contribution in [3.05, 3.63) is 29.8 Å². The summed E-state index contributed by atoms with van der Waals surface area (Å²) >= 11 is 0. The van der Waals surface area contributed by atoms with Gasteiger partial charge in [-0.05, 0) is 12.1 Å². The zero-order chi connectivity index (χ0) is 9.42. The molecule has 1 N–H and O–H groups in total. The fraction of sp³-hybridized carbons (Fsp3) is 0.111. The van der Waals surface area contributed by atoms with Gasteiger partial charge < -0.3 is 4.98 Å². The van der Waals surface area contributed by atoms with Crippen molar-refractivity contribution in [1.82, 2.24) is 9.97 Å². The highest BCUT2D eigenvalue weighted by molar-refractivity contribution is 5.97. The molecule has 2 aromatic rings. The summed E-state index contributed by atoms with van der Waals surface area (Å²) in [6.07, 6.45) is 1.36. The lowest BCUT2D eigenvalue weighted by Gasteiger charge is -1.87. The highest BCUT2D eigenvalue weighted by Crippen LogP contribution is 2.16. The molecule has 4 heteroatoms. The lowest BCUT2D eigenvalue weighted by molar-refractivity contribution is 0.101. The van der Waals surface area contributed by atoms with Crippen molar-refractivity contribution >= 4 is 16.8 Å². The van der Waals surface area contributed by atoms with Gasteiger partial charge in [-0.3, -0.25) is 4.79 Å². The van der Waals surface area contributed by atoms with Crippen LogP contribution in [-0.4, -0.2) is 15.8 Å². The molecule has 2 heterocycles. The molecule has 0 saturated carbocycles. The molecule has 13 heavy (non-hydrogen) atoms. The number of aromatic amines is 1. The number of rotatable bonds is 1. The number of Topliss-reactive ketones (excluding diaryl/α,β-unsaturated/α-hetero) is 1. The summed E-state index contributed by atoms with van der Waals surface area (Å²) in [5.74, 6) is -0.494. The Morgan fingerprint density at radius 3 is 3.00 bits per heavy atom. The van der Waals surface area contributed by atoms with Crippen molar-refractivity contribution in [2.24, 2.45) is 0 Å². The smallest absolute Gasteiger partial charge is 0.176 e. The van der Waals surface area contributed by atoms with Crippen LogP contribution >= 0.6 is 0 Å². The molecule has 0 aromatic carbocycles. The minimum atomic E-state index is -0.367. The number of fused-ring (bicyclic) bond motifs is 1. The number of carbonyl (C=O) groups is 1. The molecule has 0 atom stereocenters. The van der Waals surface area contributed by atoms with Crippen molar-refractivity contribution in [3.8, 4) is 0 Å². The van der Waals surface area contributed by atoms with E-state index in [9.17, 15) is 9.18 Å². The Hall–Kier alpha value is -1.71. The van der Waals surface area contributed by atoms with Gasteiger partial charge in [-0.1, -0.05) is 0 Å². The summed E-state index contributed by atoms with van der Waals surface area (Å²) < 4.78 is 13.1. The van der Waals surface area contributed by atoms with Crippen molar-refractivity contribution < 1.29 is 9.18 Å². The molecule has 0 aliphatic carbocycles. The molecule has 3 nitrogen and oxygen atoms in total. The van der Waals surface area contributed by atoms with Gasteiger partial charge in [0.25, 0.3) is 0 Å². The van der Waals surface area contributed by atoms with E-state index in [4.69, 9.17) is 0 Å². The van der Waals surface area contributed by atoms with E-state index in [0.29, 0.717) is 16.7 Å². The first-order valence-electron chi connectivity index (χ1n) is 3.82. The predicted molar refractivity (Wildman–Crippen MR) is 46.1 cm³/mol. The number of pyridine rings is 1. The summed E-state index contributed by atoms with van der Waals surface area (Å²) in [5, 5.41) is 0.354. The Morgan fingerprint density at radius 2 is 2.38 bits per heavy atom. The SMILES string of the molecule is CC(=O)c1cc2c(F)ccnc2[nH]1. The third-order valence-electron chi connectivity index (χ3n) is 1.86. The maximum absolute atomic E-state index is 13.1. The Kier molecular flexibility index (Phi) is 1.62. The van der Waals surface area contributed by atoms with E-state index >= 15 is 0 Å². The van der Waals surface area contributed by atoms with Crippen molar-refractivity contribution in [2.75, 3.05) is 0 Å². The van der Waals surface area contributed by atoms with E-state index in [0.717, 1.165) is 0 Å². The van der Waals surface area contributed by atoms with E-state index in [1.165, 1.54) is 25.3 Å². The summed E-state index contributed by atoms with van der Waals surface area (Å²) in [6.45, 7) is 1.42. The van der Waals surface area contributed by atoms with Crippen LogP contribution in [-0.2, 0) is 0 Å². The van der Waals surface area contributed by atoms with Crippen molar-refractivity contribution in [1.29, 1.82) is 0 Å². The second-order valence-electron chi connectivity index (χ2n) is 2.79. The number of nitrogens with zero attached hydrogens (tertiary/aromatic N) is 1. The number of carbonyl (C=O) groups excluding carboxylic acids is 1. The quantitative estimate of drug-likeness (QED) is 0.678. The normalized spacial score (nSPS) is 10.6. The maximum atomic E-state index is 13.1. The standard InChI is InChI=1S/C9H7FN2O/c1-5(13)8-4-6-7(10)2-3-11-9(6)12-8/h2-4H,1H3,(H,11,12). The van der Waals surface area contributed by atoms with Gasteiger partial charge in [-0.15, -0.1) is 0 Å². The molecule has 0 saturated heterocycles. The van der Waals surface area contributed by atoms with Gasteiger partial charge in [0.2, 0.25) is 0 Å². The first kappa shape index (κ1) is 7.91. The van der Waals surface area contributed by atoms with Crippen LogP contribution < -0.4 is 0 Å². The molecule has 0 bridgehead atoms. The fourth-order valence-corrected chi connectivity index (χ4v) is 1.18. The Balaban J connectivity index is 2.75. The highest BCUT2D eigenvalue weighted by atomic mass is 19.1.